The van der Waals surface area contributed by atoms with E-state index in [1.54, 1.807) is 11.1 Å². The standard InChI is InChI=1S/C36H53FN8O3/c1-6-45(26(2)3)33(46)29-19-28(37)7-8-30(29)48-31-20-38-25-39-32(31)44-22-35(23-44)13-15-42(16-14-35)21-27-9-11-36(12-10-27)24-43(34(47)40-36)18-17-41(4)5/h7-8,19-20,25-27H,6,9-18,21-24H2,1-5H3,(H,40,47). The van der Waals surface area contributed by atoms with Gasteiger partial charge in [0.2, 0.25) is 0 Å². The lowest BCUT2D eigenvalue weighted by molar-refractivity contribution is 0.0583. The van der Waals surface area contributed by atoms with E-state index in [1.165, 1.54) is 37.4 Å². The second-order valence-electron chi connectivity index (χ2n) is 15.2. The van der Waals surface area contributed by atoms with E-state index >= 15 is 0 Å². The number of anilines is 1. The summed E-state index contributed by atoms with van der Waals surface area (Å²) < 4.78 is 20.6. The van der Waals surface area contributed by atoms with E-state index in [-0.39, 0.29) is 34.5 Å². The summed E-state index contributed by atoms with van der Waals surface area (Å²) in [5.74, 6) is 1.40. The average Bonchev–Trinajstić information content (AvgIpc) is 3.36. The number of halogens is 1. The highest BCUT2D eigenvalue weighted by Crippen LogP contribution is 2.45. The summed E-state index contributed by atoms with van der Waals surface area (Å²) in [6.45, 7) is 14.0. The minimum atomic E-state index is -0.483. The van der Waals surface area contributed by atoms with E-state index in [0.717, 1.165) is 78.0 Å². The molecule has 3 aliphatic heterocycles. The number of likely N-dealkylation sites (N-methyl/N-ethyl adjacent to an activating group) is 1. The van der Waals surface area contributed by atoms with Gasteiger partial charge in [0, 0.05) is 57.3 Å². The Morgan fingerprint density at radius 3 is 2.50 bits per heavy atom. The number of carbonyl (C=O) groups is 2. The number of carbonyl (C=O) groups excluding carboxylic acids is 2. The van der Waals surface area contributed by atoms with Crippen LogP contribution in [0.5, 0.6) is 11.5 Å². The number of hydrogen-bond donors (Lipinski definition) is 1. The third-order valence-electron chi connectivity index (χ3n) is 11.1. The van der Waals surface area contributed by atoms with Crippen molar-refractivity contribution in [3.05, 3.63) is 42.1 Å². The normalized spacial score (nSPS) is 24.0. The molecule has 48 heavy (non-hydrogen) atoms. The zero-order chi connectivity index (χ0) is 34.1. The van der Waals surface area contributed by atoms with Crippen molar-refractivity contribution in [1.82, 2.24) is 34.9 Å². The predicted molar refractivity (Wildman–Crippen MR) is 184 cm³/mol. The van der Waals surface area contributed by atoms with E-state index < -0.39 is 5.82 Å². The molecule has 3 saturated heterocycles. The number of rotatable bonds is 11. The van der Waals surface area contributed by atoms with Crippen molar-refractivity contribution in [1.29, 1.82) is 0 Å². The lowest BCUT2D eigenvalue weighted by atomic mass is 9.71. The molecular formula is C36H53FN8O3. The average molecular weight is 665 g/mol. The predicted octanol–water partition coefficient (Wildman–Crippen LogP) is 4.70. The third kappa shape index (κ3) is 7.39. The van der Waals surface area contributed by atoms with Crippen molar-refractivity contribution in [3.63, 3.8) is 0 Å². The van der Waals surface area contributed by atoms with E-state index in [9.17, 15) is 14.0 Å². The Morgan fingerprint density at radius 2 is 1.83 bits per heavy atom. The highest BCUT2D eigenvalue weighted by Gasteiger charge is 2.47. The van der Waals surface area contributed by atoms with Gasteiger partial charge in [0.25, 0.3) is 5.91 Å². The Bertz CT molecular complexity index is 1450. The molecule has 4 fully saturated rings. The number of ether oxygens (including phenoxy) is 1. The lowest BCUT2D eigenvalue weighted by Crippen LogP contribution is -2.61. The largest absolute Gasteiger partial charge is 0.451 e. The van der Waals surface area contributed by atoms with Gasteiger partial charge in [-0.15, -0.1) is 0 Å². The van der Waals surface area contributed by atoms with Crippen molar-refractivity contribution in [2.45, 2.75) is 70.9 Å². The number of likely N-dealkylation sites (tertiary alicyclic amines) is 1. The fraction of sp³-hybridized carbons (Fsp3) is 0.667. The molecule has 12 heteroatoms. The molecule has 11 nitrogen and oxygen atoms in total. The Morgan fingerprint density at radius 1 is 1.10 bits per heavy atom. The molecule has 4 heterocycles. The Kier molecular flexibility index (Phi) is 10.1. The Labute approximate surface area is 284 Å². The maximum atomic E-state index is 14.3. The topological polar surface area (TPSA) is 97.4 Å². The summed E-state index contributed by atoms with van der Waals surface area (Å²) in [4.78, 5) is 45.5. The Balaban J connectivity index is 1.00. The van der Waals surface area contributed by atoms with Crippen molar-refractivity contribution in [2.24, 2.45) is 11.3 Å². The van der Waals surface area contributed by atoms with Gasteiger partial charge in [0.05, 0.1) is 17.3 Å². The molecule has 1 N–H and O–H groups in total. The molecule has 1 aliphatic carbocycles. The second kappa shape index (κ2) is 14.2. The van der Waals surface area contributed by atoms with Crippen LogP contribution < -0.4 is 15.0 Å². The van der Waals surface area contributed by atoms with Crippen LogP contribution in [0.4, 0.5) is 15.0 Å². The van der Waals surface area contributed by atoms with E-state index in [1.807, 2.05) is 39.8 Å². The third-order valence-corrected chi connectivity index (χ3v) is 11.1. The number of aromatic nitrogens is 2. The first kappa shape index (κ1) is 34.4. The van der Waals surface area contributed by atoms with Crippen molar-refractivity contribution in [2.75, 3.05) is 77.9 Å². The first-order valence-corrected chi connectivity index (χ1v) is 17.8. The molecule has 1 aromatic carbocycles. The summed E-state index contributed by atoms with van der Waals surface area (Å²) >= 11 is 0. The number of piperidine rings is 1. The maximum absolute atomic E-state index is 14.3. The number of hydrogen-bond acceptors (Lipinski definition) is 8. The van der Waals surface area contributed by atoms with Crippen LogP contribution in [0.15, 0.2) is 30.7 Å². The fourth-order valence-electron chi connectivity index (χ4n) is 8.18. The summed E-state index contributed by atoms with van der Waals surface area (Å²) in [5.41, 5.74) is 0.411. The van der Waals surface area contributed by atoms with Crippen LogP contribution in [0.3, 0.4) is 0 Å². The maximum Gasteiger partial charge on any atom is 0.318 e. The van der Waals surface area contributed by atoms with Gasteiger partial charge < -0.3 is 34.6 Å². The molecule has 0 unspecified atom stereocenters. The molecule has 2 aromatic rings. The van der Waals surface area contributed by atoms with Gasteiger partial charge in [-0.1, -0.05) is 0 Å². The summed E-state index contributed by atoms with van der Waals surface area (Å²) in [5, 5.41) is 3.35. The number of amides is 3. The molecule has 0 bridgehead atoms. The summed E-state index contributed by atoms with van der Waals surface area (Å²) in [6, 6.07) is 4.15. The van der Waals surface area contributed by atoms with Crippen LogP contribution in [-0.2, 0) is 0 Å². The smallest absolute Gasteiger partial charge is 0.318 e. The molecule has 1 aromatic heterocycles. The molecule has 4 aliphatic rings. The zero-order valence-corrected chi connectivity index (χ0v) is 29.4. The van der Waals surface area contributed by atoms with Crippen LogP contribution in [0.1, 0.15) is 69.7 Å². The first-order chi connectivity index (χ1) is 23.0. The molecule has 2 spiro atoms. The van der Waals surface area contributed by atoms with E-state index in [2.05, 4.69) is 30.0 Å². The second-order valence-corrected chi connectivity index (χ2v) is 15.2. The van der Waals surface area contributed by atoms with Gasteiger partial charge in [-0.25, -0.2) is 19.2 Å². The van der Waals surface area contributed by atoms with Crippen LogP contribution in [0.2, 0.25) is 0 Å². The lowest BCUT2D eigenvalue weighted by Gasteiger charge is -2.55. The molecule has 1 saturated carbocycles. The van der Waals surface area contributed by atoms with E-state index in [0.29, 0.717) is 29.8 Å². The van der Waals surface area contributed by atoms with Crippen molar-refractivity contribution in [3.8, 4) is 11.5 Å². The van der Waals surface area contributed by atoms with Gasteiger partial charge in [-0.05, 0) is 111 Å². The zero-order valence-electron chi connectivity index (χ0n) is 29.4. The monoisotopic (exact) mass is 664 g/mol. The molecule has 6 rings (SSSR count). The first-order valence-electron chi connectivity index (χ1n) is 17.8. The quantitative estimate of drug-likeness (QED) is 0.370. The van der Waals surface area contributed by atoms with Gasteiger partial charge in [0.1, 0.15) is 17.9 Å². The minimum absolute atomic E-state index is 0.0293. The molecule has 0 atom stereocenters. The molecule has 3 amide bonds. The number of benzene rings is 1. The fourth-order valence-corrected chi connectivity index (χ4v) is 8.18. The SMILES string of the molecule is CCN(C(=O)c1cc(F)ccc1Oc1cncnc1N1CC2(CCN(CC3CCC4(CC3)CN(CCN(C)C)C(=O)N4)CC2)C1)C(C)C. The van der Waals surface area contributed by atoms with Crippen LogP contribution in [0.25, 0.3) is 0 Å². The van der Waals surface area contributed by atoms with Gasteiger partial charge in [0.15, 0.2) is 11.6 Å². The molecule has 262 valence electrons. The Hall–Kier alpha value is -3.51. The molecule has 0 radical (unpaired) electrons. The number of nitrogens with one attached hydrogen (secondary N) is 1. The highest BCUT2D eigenvalue weighted by molar-refractivity contribution is 5.97. The highest BCUT2D eigenvalue weighted by atomic mass is 19.1. The van der Waals surface area contributed by atoms with Gasteiger partial charge in [-0.3, -0.25) is 4.79 Å². The minimum Gasteiger partial charge on any atom is -0.451 e. The number of urea groups is 1. The van der Waals surface area contributed by atoms with Gasteiger partial charge >= 0.3 is 6.03 Å². The van der Waals surface area contributed by atoms with Gasteiger partial charge in [-0.2, -0.15) is 0 Å². The van der Waals surface area contributed by atoms with Crippen molar-refractivity contribution < 1.29 is 18.7 Å². The summed E-state index contributed by atoms with van der Waals surface area (Å²) in [7, 11) is 4.10. The van der Waals surface area contributed by atoms with Crippen LogP contribution in [0, 0.1) is 17.2 Å². The van der Waals surface area contributed by atoms with Crippen molar-refractivity contribution >= 4 is 17.8 Å². The van der Waals surface area contributed by atoms with Crippen LogP contribution in [-0.4, -0.2) is 126 Å². The van der Waals surface area contributed by atoms with Crippen LogP contribution >= 0.6 is 0 Å². The van der Waals surface area contributed by atoms with E-state index in [4.69, 9.17) is 4.74 Å². The summed E-state index contributed by atoms with van der Waals surface area (Å²) in [6.07, 6.45) is 9.93. The number of nitrogens with zero attached hydrogens (tertiary/aromatic N) is 7. The molecular weight excluding hydrogens is 611 g/mol.